The predicted octanol–water partition coefficient (Wildman–Crippen LogP) is 5.33. The molecule has 6 heteroatoms. The Hall–Kier alpha value is -3.38. The smallest absolute Gasteiger partial charge is 0.262 e. The molecule has 0 unspecified atom stereocenters. The number of rotatable bonds is 8. The van der Waals surface area contributed by atoms with E-state index in [1.165, 1.54) is 11.8 Å². The van der Waals surface area contributed by atoms with Crippen LogP contribution in [0.5, 0.6) is 0 Å². The summed E-state index contributed by atoms with van der Waals surface area (Å²) in [5.41, 5.74) is 5.39. The molecule has 0 fully saturated rings. The zero-order valence-corrected chi connectivity index (χ0v) is 20.0. The summed E-state index contributed by atoms with van der Waals surface area (Å²) >= 11 is 1.31. The van der Waals surface area contributed by atoms with E-state index in [2.05, 4.69) is 11.1 Å². The average molecular weight is 458 g/mol. The summed E-state index contributed by atoms with van der Waals surface area (Å²) in [7, 11) is 0. The molecule has 0 saturated carbocycles. The number of nitrogens with zero attached hydrogens (tertiary/aromatic N) is 3. The van der Waals surface area contributed by atoms with Crippen LogP contribution in [0.4, 0.5) is 0 Å². The van der Waals surface area contributed by atoms with E-state index in [0.717, 1.165) is 22.5 Å². The van der Waals surface area contributed by atoms with Crippen molar-refractivity contribution in [1.82, 2.24) is 14.1 Å². The van der Waals surface area contributed by atoms with Gasteiger partial charge in [0.2, 0.25) is 0 Å². The normalized spacial score (nSPS) is 11.1. The van der Waals surface area contributed by atoms with Gasteiger partial charge in [-0.3, -0.25) is 14.2 Å². The first kappa shape index (κ1) is 22.8. The molecule has 0 amide bonds. The van der Waals surface area contributed by atoms with E-state index in [1.807, 2.05) is 75.4 Å². The molecule has 2 aromatic carbocycles. The Labute approximate surface area is 197 Å². The molecule has 33 heavy (non-hydrogen) atoms. The van der Waals surface area contributed by atoms with Gasteiger partial charge >= 0.3 is 0 Å². The molecule has 2 heterocycles. The quantitative estimate of drug-likeness (QED) is 0.155. The van der Waals surface area contributed by atoms with Gasteiger partial charge in [-0.15, -0.1) is 6.58 Å². The predicted molar refractivity (Wildman–Crippen MR) is 135 cm³/mol. The highest BCUT2D eigenvalue weighted by molar-refractivity contribution is 7.99. The minimum absolute atomic E-state index is 0.0210. The number of hydrogen-bond acceptors (Lipinski definition) is 4. The lowest BCUT2D eigenvalue weighted by Gasteiger charge is -2.13. The minimum Gasteiger partial charge on any atom is -0.345 e. The van der Waals surface area contributed by atoms with E-state index >= 15 is 0 Å². The third kappa shape index (κ3) is 4.71. The number of carbonyl (C=O) groups excluding carboxylic acids is 1. The molecule has 2 aromatic heterocycles. The van der Waals surface area contributed by atoms with Gasteiger partial charge in [-0.25, -0.2) is 4.98 Å². The number of carbonyl (C=O) groups is 1. The van der Waals surface area contributed by atoms with Crippen molar-refractivity contribution < 1.29 is 4.79 Å². The molecule has 4 aromatic rings. The number of para-hydroxylation sites is 1. The van der Waals surface area contributed by atoms with E-state index in [1.54, 1.807) is 10.6 Å². The Morgan fingerprint density at radius 1 is 1.06 bits per heavy atom. The Kier molecular flexibility index (Phi) is 6.65. The maximum Gasteiger partial charge on any atom is 0.262 e. The maximum atomic E-state index is 13.3. The van der Waals surface area contributed by atoms with Gasteiger partial charge in [-0.1, -0.05) is 59.8 Å². The van der Waals surface area contributed by atoms with Crippen LogP contribution in [0.3, 0.4) is 0 Å². The third-order valence-electron chi connectivity index (χ3n) is 5.81. The van der Waals surface area contributed by atoms with Gasteiger partial charge in [0, 0.05) is 23.5 Å². The lowest BCUT2D eigenvalue weighted by atomic mass is 10.1. The highest BCUT2D eigenvalue weighted by Gasteiger charge is 2.18. The lowest BCUT2D eigenvalue weighted by molar-refractivity contribution is 0.102. The fourth-order valence-electron chi connectivity index (χ4n) is 3.97. The molecule has 0 aliphatic heterocycles. The first-order chi connectivity index (χ1) is 15.9. The van der Waals surface area contributed by atoms with Crippen molar-refractivity contribution in [2.24, 2.45) is 0 Å². The first-order valence-corrected chi connectivity index (χ1v) is 11.9. The summed E-state index contributed by atoms with van der Waals surface area (Å²) < 4.78 is 3.75. The van der Waals surface area contributed by atoms with Gasteiger partial charge in [0.1, 0.15) is 0 Å². The van der Waals surface area contributed by atoms with Crippen LogP contribution in [0.25, 0.3) is 10.9 Å². The van der Waals surface area contributed by atoms with Crippen molar-refractivity contribution in [3.8, 4) is 0 Å². The van der Waals surface area contributed by atoms with Gasteiger partial charge in [-0.2, -0.15) is 0 Å². The molecule has 0 radical (unpaired) electrons. The summed E-state index contributed by atoms with van der Waals surface area (Å²) in [6.07, 6.45) is 1.83. The van der Waals surface area contributed by atoms with Crippen LogP contribution in [-0.2, 0) is 13.1 Å². The van der Waals surface area contributed by atoms with Crippen molar-refractivity contribution in [3.05, 3.63) is 106 Å². The van der Waals surface area contributed by atoms with Crippen molar-refractivity contribution in [3.63, 3.8) is 0 Å². The number of hydrogen-bond donors (Lipinski definition) is 0. The van der Waals surface area contributed by atoms with Crippen LogP contribution in [0.2, 0.25) is 0 Å². The topological polar surface area (TPSA) is 56.9 Å². The molecule has 168 valence electrons. The second kappa shape index (κ2) is 9.63. The molecule has 0 bridgehead atoms. The van der Waals surface area contributed by atoms with Crippen molar-refractivity contribution in [2.75, 3.05) is 5.75 Å². The number of thioether (sulfide) groups is 1. The number of Topliss-reactive ketones (excluding diaryl/α,β-unsaturated/α-hetero) is 1. The Balaban J connectivity index is 1.67. The Morgan fingerprint density at radius 3 is 2.52 bits per heavy atom. The zero-order chi connectivity index (χ0) is 23.5. The van der Waals surface area contributed by atoms with Crippen LogP contribution >= 0.6 is 11.8 Å². The Bertz CT molecular complexity index is 1400. The van der Waals surface area contributed by atoms with Crippen molar-refractivity contribution in [1.29, 1.82) is 0 Å². The van der Waals surface area contributed by atoms with E-state index in [-0.39, 0.29) is 17.1 Å². The summed E-state index contributed by atoms with van der Waals surface area (Å²) in [4.78, 5) is 31.2. The van der Waals surface area contributed by atoms with Crippen molar-refractivity contribution in [2.45, 2.75) is 39.0 Å². The molecular weight excluding hydrogens is 430 g/mol. The third-order valence-corrected chi connectivity index (χ3v) is 6.78. The van der Waals surface area contributed by atoms with Gasteiger partial charge < -0.3 is 4.57 Å². The Morgan fingerprint density at radius 2 is 1.79 bits per heavy atom. The molecule has 0 spiro atoms. The van der Waals surface area contributed by atoms with E-state index in [0.29, 0.717) is 34.7 Å². The average Bonchev–Trinajstić information content (AvgIpc) is 3.09. The molecule has 0 aliphatic carbocycles. The summed E-state index contributed by atoms with van der Waals surface area (Å²) in [6, 6.07) is 17.4. The molecule has 0 atom stereocenters. The highest BCUT2D eigenvalue weighted by atomic mass is 32.2. The van der Waals surface area contributed by atoms with E-state index in [9.17, 15) is 9.59 Å². The second-order valence-electron chi connectivity index (χ2n) is 8.18. The SMILES string of the molecule is C=CCn1c(C)cc(C(=O)CSc2nc3ccccc3c(=O)n2Cc2ccc(C)cc2)c1C. The molecular formula is C27H27N3O2S. The standard InChI is InChI=1S/C27H27N3O2S/c1-5-14-29-19(3)15-23(20(29)4)25(31)17-33-27-28-24-9-7-6-8-22(24)26(32)30(27)16-21-12-10-18(2)11-13-21/h5-13,15H,1,14,16-17H2,2-4H3. The fraction of sp³-hybridized carbons (Fsp3) is 0.222. The molecule has 0 aliphatic rings. The van der Waals surface area contributed by atoms with Gasteiger partial charge in [-0.05, 0) is 44.5 Å². The number of fused-ring (bicyclic) bond motifs is 1. The fourth-order valence-corrected chi connectivity index (χ4v) is 4.86. The second-order valence-corrected chi connectivity index (χ2v) is 9.13. The van der Waals surface area contributed by atoms with Gasteiger partial charge in [0.15, 0.2) is 10.9 Å². The van der Waals surface area contributed by atoms with E-state index < -0.39 is 0 Å². The summed E-state index contributed by atoms with van der Waals surface area (Å²) in [6.45, 7) is 10.9. The van der Waals surface area contributed by atoms with Gasteiger partial charge in [0.05, 0.1) is 23.2 Å². The minimum atomic E-state index is -0.0970. The molecule has 0 saturated heterocycles. The molecule has 0 N–H and O–H groups in total. The number of aromatic nitrogens is 3. The highest BCUT2D eigenvalue weighted by Crippen LogP contribution is 2.23. The lowest BCUT2D eigenvalue weighted by Crippen LogP contribution is -2.24. The zero-order valence-electron chi connectivity index (χ0n) is 19.2. The summed E-state index contributed by atoms with van der Waals surface area (Å²) in [5, 5.41) is 1.13. The van der Waals surface area contributed by atoms with Crippen LogP contribution in [-0.4, -0.2) is 25.7 Å². The van der Waals surface area contributed by atoms with Crippen LogP contribution in [0.15, 0.2) is 77.2 Å². The van der Waals surface area contributed by atoms with Crippen LogP contribution in [0.1, 0.15) is 32.9 Å². The number of ketones is 1. The molecule has 4 rings (SSSR count). The van der Waals surface area contributed by atoms with Crippen molar-refractivity contribution >= 4 is 28.4 Å². The first-order valence-electron chi connectivity index (χ1n) is 10.9. The largest absolute Gasteiger partial charge is 0.345 e. The summed E-state index contributed by atoms with van der Waals surface area (Å²) in [5.74, 6) is 0.226. The number of benzene rings is 2. The van der Waals surface area contributed by atoms with E-state index in [4.69, 9.17) is 4.98 Å². The van der Waals surface area contributed by atoms with Gasteiger partial charge in [0.25, 0.3) is 5.56 Å². The molecule has 5 nitrogen and oxygen atoms in total. The van der Waals surface area contributed by atoms with Crippen LogP contribution in [0, 0.1) is 20.8 Å². The van der Waals surface area contributed by atoms with Crippen LogP contribution < -0.4 is 5.56 Å². The monoisotopic (exact) mass is 457 g/mol. The number of allylic oxidation sites excluding steroid dienone is 1. The number of aryl methyl sites for hydroxylation is 2. The maximum absolute atomic E-state index is 13.3.